The van der Waals surface area contributed by atoms with Crippen molar-refractivity contribution in [3.05, 3.63) is 53.0 Å². The molecule has 2 aromatic heterocycles. The Morgan fingerprint density at radius 2 is 1.84 bits per heavy atom. The van der Waals surface area contributed by atoms with Crippen molar-refractivity contribution in [3.63, 3.8) is 0 Å². The molecular formula is C21H22F5N3O3. The van der Waals surface area contributed by atoms with E-state index in [0.717, 1.165) is 6.07 Å². The molecule has 2 aromatic rings. The Hall–Kier alpha value is -3.11. The number of carbonyl (C=O) groups is 2. The topological polar surface area (TPSA) is 81.2 Å². The summed E-state index contributed by atoms with van der Waals surface area (Å²) < 4.78 is 66.9. The lowest BCUT2D eigenvalue weighted by molar-refractivity contribution is -0.290. The number of halogens is 5. The monoisotopic (exact) mass is 459 g/mol. The van der Waals surface area contributed by atoms with Gasteiger partial charge >= 0.3 is 12.1 Å². The highest BCUT2D eigenvalue weighted by Gasteiger charge is 2.58. The predicted molar refractivity (Wildman–Crippen MR) is 105 cm³/mol. The number of Topliss-reactive ketones (excluding diaryl/α,β-unsaturated/α-hetero) is 1. The van der Waals surface area contributed by atoms with E-state index >= 15 is 0 Å². The second kappa shape index (κ2) is 10.0. The first kappa shape index (κ1) is 25.2. The summed E-state index contributed by atoms with van der Waals surface area (Å²) in [6, 6.07) is 5.06. The van der Waals surface area contributed by atoms with Gasteiger partial charge in [0.25, 0.3) is 5.91 Å². The number of alkyl halides is 5. The number of aryl methyl sites for hydroxylation is 1. The number of ether oxygens (including phenoxy) is 1. The molecular weight excluding hydrogens is 437 g/mol. The lowest BCUT2D eigenvalue weighted by Gasteiger charge is -2.19. The van der Waals surface area contributed by atoms with Gasteiger partial charge in [-0.3, -0.25) is 14.6 Å². The third-order valence-electron chi connectivity index (χ3n) is 4.46. The summed E-state index contributed by atoms with van der Waals surface area (Å²) in [4.78, 5) is 32.2. The highest BCUT2D eigenvalue weighted by Crippen LogP contribution is 2.35. The Bertz CT molecular complexity index is 962. The third kappa shape index (κ3) is 6.69. The number of nitrogens with zero attached hydrogens (tertiary/aromatic N) is 2. The molecule has 1 unspecified atom stereocenters. The molecule has 0 aliphatic carbocycles. The molecule has 6 nitrogen and oxygen atoms in total. The first-order chi connectivity index (χ1) is 14.8. The maximum atomic E-state index is 12.9. The van der Waals surface area contributed by atoms with E-state index in [4.69, 9.17) is 0 Å². The van der Waals surface area contributed by atoms with Gasteiger partial charge in [0.1, 0.15) is 5.78 Å². The van der Waals surface area contributed by atoms with Gasteiger partial charge in [-0.05, 0) is 31.5 Å². The van der Waals surface area contributed by atoms with Crippen molar-refractivity contribution >= 4 is 11.7 Å². The predicted octanol–water partition coefficient (Wildman–Crippen LogP) is 4.37. The Morgan fingerprint density at radius 1 is 1.16 bits per heavy atom. The maximum Gasteiger partial charge on any atom is 0.456 e. The quantitative estimate of drug-likeness (QED) is 0.563. The summed E-state index contributed by atoms with van der Waals surface area (Å²) in [5.74, 6) is -5.86. The Balaban J connectivity index is 2.03. The zero-order valence-corrected chi connectivity index (χ0v) is 17.6. The van der Waals surface area contributed by atoms with Crippen LogP contribution in [0.5, 0.6) is 5.88 Å². The number of rotatable bonds is 9. The molecule has 174 valence electrons. The number of hydrogen-bond donors (Lipinski definition) is 1. The largest absolute Gasteiger partial charge is 0.471 e. The van der Waals surface area contributed by atoms with Crippen LogP contribution in [0.4, 0.5) is 22.0 Å². The Kier molecular flexibility index (Phi) is 7.87. The van der Waals surface area contributed by atoms with Crippen LogP contribution in [0.3, 0.4) is 0 Å². The molecule has 0 aliphatic heterocycles. The summed E-state index contributed by atoms with van der Waals surface area (Å²) in [7, 11) is 0. The van der Waals surface area contributed by atoms with Crippen LogP contribution in [0.1, 0.15) is 53.6 Å². The van der Waals surface area contributed by atoms with Crippen LogP contribution in [0.2, 0.25) is 0 Å². The molecule has 0 bridgehead atoms. The van der Waals surface area contributed by atoms with Crippen molar-refractivity contribution in [2.45, 2.75) is 51.8 Å². The first-order valence-corrected chi connectivity index (χ1v) is 9.66. The van der Waals surface area contributed by atoms with Gasteiger partial charge in [-0.1, -0.05) is 13.0 Å². The molecule has 2 rings (SSSR count). The molecule has 0 saturated heterocycles. The van der Waals surface area contributed by atoms with E-state index in [9.17, 15) is 31.5 Å². The Morgan fingerprint density at radius 3 is 2.41 bits per heavy atom. The molecule has 32 heavy (non-hydrogen) atoms. The fourth-order valence-corrected chi connectivity index (χ4v) is 2.63. The average Bonchev–Trinajstić information content (AvgIpc) is 2.71. The van der Waals surface area contributed by atoms with Gasteiger partial charge in [0, 0.05) is 42.1 Å². The van der Waals surface area contributed by atoms with Crippen molar-refractivity contribution < 1.29 is 36.3 Å². The molecule has 2 heterocycles. The second-order valence-electron chi connectivity index (χ2n) is 7.17. The molecule has 0 fully saturated rings. The van der Waals surface area contributed by atoms with Gasteiger partial charge < -0.3 is 10.1 Å². The van der Waals surface area contributed by atoms with Gasteiger partial charge in [-0.25, -0.2) is 4.98 Å². The van der Waals surface area contributed by atoms with E-state index in [1.165, 1.54) is 18.3 Å². The van der Waals surface area contributed by atoms with Crippen molar-refractivity contribution in [1.82, 2.24) is 15.3 Å². The molecule has 0 spiro atoms. The van der Waals surface area contributed by atoms with Gasteiger partial charge in [-0.15, -0.1) is 0 Å². The van der Waals surface area contributed by atoms with Gasteiger partial charge in [0.15, 0.2) is 6.61 Å². The minimum Gasteiger partial charge on any atom is -0.471 e. The number of amides is 1. The van der Waals surface area contributed by atoms with Gasteiger partial charge in [-0.2, -0.15) is 22.0 Å². The molecule has 1 atom stereocenters. The SMILES string of the molecule is CCC(=O)Cc1cc(C(=O)NC(C)c2ccc(OCC(F)(F)C(F)(F)F)nc2)cc(C)n1. The van der Waals surface area contributed by atoms with E-state index in [0.29, 0.717) is 28.9 Å². The molecule has 0 aromatic carbocycles. The van der Waals surface area contributed by atoms with E-state index in [2.05, 4.69) is 20.0 Å². The van der Waals surface area contributed by atoms with Crippen LogP contribution in [-0.4, -0.2) is 40.4 Å². The van der Waals surface area contributed by atoms with Crippen molar-refractivity contribution in [3.8, 4) is 5.88 Å². The summed E-state index contributed by atoms with van der Waals surface area (Å²) in [6.07, 6.45) is -4.04. The smallest absolute Gasteiger partial charge is 0.456 e. The minimum absolute atomic E-state index is 0.01000. The number of aromatic nitrogens is 2. The third-order valence-corrected chi connectivity index (χ3v) is 4.46. The maximum absolute atomic E-state index is 12.9. The average molecular weight is 459 g/mol. The van der Waals surface area contributed by atoms with E-state index in [-0.39, 0.29) is 12.2 Å². The van der Waals surface area contributed by atoms with Crippen LogP contribution in [0, 0.1) is 6.92 Å². The zero-order chi connectivity index (χ0) is 24.1. The van der Waals surface area contributed by atoms with Crippen molar-refractivity contribution in [2.24, 2.45) is 0 Å². The van der Waals surface area contributed by atoms with Crippen LogP contribution in [0.25, 0.3) is 0 Å². The molecule has 0 aliphatic rings. The van der Waals surface area contributed by atoms with E-state index in [1.54, 1.807) is 26.8 Å². The highest BCUT2D eigenvalue weighted by molar-refractivity contribution is 5.95. The number of ketones is 1. The van der Waals surface area contributed by atoms with E-state index < -0.39 is 36.5 Å². The molecule has 1 amide bonds. The minimum atomic E-state index is -5.72. The van der Waals surface area contributed by atoms with Crippen LogP contribution < -0.4 is 10.1 Å². The Labute approximate surface area is 181 Å². The van der Waals surface area contributed by atoms with Crippen molar-refractivity contribution in [2.75, 3.05) is 6.61 Å². The van der Waals surface area contributed by atoms with Crippen LogP contribution in [0.15, 0.2) is 30.5 Å². The molecule has 1 N–H and O–H groups in total. The molecule has 0 saturated carbocycles. The summed E-state index contributed by atoms with van der Waals surface area (Å²) in [6.45, 7) is 3.19. The number of carbonyl (C=O) groups excluding carboxylic acids is 2. The second-order valence-corrected chi connectivity index (χ2v) is 7.17. The number of hydrogen-bond acceptors (Lipinski definition) is 5. The summed E-state index contributed by atoms with van der Waals surface area (Å²) >= 11 is 0. The molecule has 0 radical (unpaired) electrons. The number of nitrogens with one attached hydrogen (secondary N) is 1. The lowest BCUT2D eigenvalue weighted by Crippen LogP contribution is -2.41. The van der Waals surface area contributed by atoms with E-state index in [1.807, 2.05) is 0 Å². The summed E-state index contributed by atoms with van der Waals surface area (Å²) in [5.41, 5.74) is 1.84. The normalized spacial score (nSPS) is 12.9. The highest BCUT2D eigenvalue weighted by atomic mass is 19.4. The molecule has 11 heteroatoms. The fourth-order valence-electron chi connectivity index (χ4n) is 2.63. The lowest BCUT2D eigenvalue weighted by atomic mass is 10.1. The standard InChI is InChI=1S/C21H22F5N3O3/c1-4-17(30)9-16-8-15(7-12(2)28-16)19(31)29-13(3)14-5-6-18(27-10-14)32-11-20(22,23)21(24,25)26/h5-8,10,13H,4,9,11H2,1-3H3,(H,29,31). The first-order valence-electron chi connectivity index (χ1n) is 9.66. The fraction of sp³-hybridized carbons (Fsp3) is 0.429. The number of pyridine rings is 2. The zero-order valence-electron chi connectivity index (χ0n) is 17.6. The van der Waals surface area contributed by atoms with Gasteiger partial charge in [0.05, 0.1) is 6.04 Å². The van der Waals surface area contributed by atoms with Crippen molar-refractivity contribution in [1.29, 1.82) is 0 Å². The van der Waals surface area contributed by atoms with Crippen LogP contribution >= 0.6 is 0 Å². The van der Waals surface area contributed by atoms with Crippen LogP contribution in [-0.2, 0) is 11.2 Å². The summed E-state index contributed by atoms with van der Waals surface area (Å²) in [5, 5.41) is 2.73. The van der Waals surface area contributed by atoms with Gasteiger partial charge in [0.2, 0.25) is 5.88 Å².